The summed E-state index contributed by atoms with van der Waals surface area (Å²) in [5, 5.41) is 0. The van der Waals surface area contributed by atoms with Gasteiger partial charge in [0.25, 0.3) is 0 Å². The topological polar surface area (TPSA) is 42.0 Å². The van der Waals surface area contributed by atoms with Crippen LogP contribution < -0.4 is 14.4 Å². The van der Waals surface area contributed by atoms with Crippen molar-refractivity contribution in [2.45, 2.75) is 25.2 Å². The van der Waals surface area contributed by atoms with Crippen LogP contribution in [0.25, 0.3) is 0 Å². The smallest absolute Gasteiger partial charge is 0.223 e. The Morgan fingerprint density at radius 2 is 1.66 bits per heavy atom. The molecule has 0 bridgehead atoms. The lowest BCUT2D eigenvalue weighted by atomic mass is 9.90. The Hall–Kier alpha value is -2.69. The SMILES string of the molecule is O=C(CC(c1ccc2c(c1)OCCO2)C1CC1)N1CCN(c2ccccc2)CC1. The Morgan fingerprint density at radius 1 is 0.931 bits per heavy atom. The molecular weight excluding hydrogens is 364 g/mol. The highest BCUT2D eigenvalue weighted by atomic mass is 16.6. The third-order valence-electron chi connectivity index (χ3n) is 6.33. The number of fused-ring (bicyclic) bond motifs is 1. The molecule has 0 N–H and O–H groups in total. The number of amides is 1. The predicted molar refractivity (Wildman–Crippen MR) is 113 cm³/mol. The van der Waals surface area contributed by atoms with Crippen molar-refractivity contribution in [2.75, 3.05) is 44.3 Å². The van der Waals surface area contributed by atoms with Crippen molar-refractivity contribution in [3.05, 3.63) is 54.1 Å². The summed E-state index contributed by atoms with van der Waals surface area (Å²) in [6.45, 7) is 4.58. The maximum atomic E-state index is 13.1. The number of anilines is 1. The van der Waals surface area contributed by atoms with E-state index in [4.69, 9.17) is 9.47 Å². The van der Waals surface area contributed by atoms with Crippen LogP contribution in [0.2, 0.25) is 0 Å². The second-order valence-electron chi connectivity index (χ2n) is 8.25. The summed E-state index contributed by atoms with van der Waals surface area (Å²) >= 11 is 0. The molecule has 2 aromatic rings. The number of hydrogen-bond donors (Lipinski definition) is 0. The lowest BCUT2D eigenvalue weighted by molar-refractivity contribution is -0.132. The van der Waals surface area contributed by atoms with Gasteiger partial charge in [0, 0.05) is 38.3 Å². The van der Waals surface area contributed by atoms with Crippen LogP contribution in [0.5, 0.6) is 11.5 Å². The fourth-order valence-corrected chi connectivity index (χ4v) is 4.52. The van der Waals surface area contributed by atoms with Gasteiger partial charge in [-0.3, -0.25) is 4.79 Å². The molecule has 1 saturated heterocycles. The molecule has 152 valence electrons. The summed E-state index contributed by atoms with van der Waals surface area (Å²) in [6.07, 6.45) is 3.03. The van der Waals surface area contributed by atoms with Crippen LogP contribution in [0.3, 0.4) is 0 Å². The minimum absolute atomic E-state index is 0.282. The van der Waals surface area contributed by atoms with E-state index < -0.39 is 0 Å². The van der Waals surface area contributed by atoms with Crippen LogP contribution >= 0.6 is 0 Å². The Kier molecular flexibility index (Phi) is 5.04. The molecule has 1 aliphatic carbocycles. The van der Waals surface area contributed by atoms with E-state index in [2.05, 4.69) is 41.3 Å². The summed E-state index contributed by atoms with van der Waals surface area (Å²) < 4.78 is 11.4. The van der Waals surface area contributed by atoms with Gasteiger partial charge in [-0.25, -0.2) is 0 Å². The van der Waals surface area contributed by atoms with E-state index in [9.17, 15) is 4.79 Å². The first-order valence-electron chi connectivity index (χ1n) is 10.8. The number of nitrogens with zero attached hydrogens (tertiary/aromatic N) is 2. The zero-order valence-corrected chi connectivity index (χ0v) is 16.8. The molecule has 2 heterocycles. The first-order valence-corrected chi connectivity index (χ1v) is 10.8. The Morgan fingerprint density at radius 3 is 2.38 bits per heavy atom. The van der Waals surface area contributed by atoms with Crippen molar-refractivity contribution < 1.29 is 14.3 Å². The number of hydrogen-bond acceptors (Lipinski definition) is 4. The van der Waals surface area contributed by atoms with Gasteiger partial charge >= 0.3 is 0 Å². The maximum Gasteiger partial charge on any atom is 0.223 e. The standard InChI is InChI=1S/C24H28N2O3/c27-24(26-12-10-25(11-13-26)20-4-2-1-3-5-20)17-21(18-6-7-18)19-8-9-22-23(16-19)29-15-14-28-22/h1-5,8-9,16,18,21H,6-7,10-15,17H2. The van der Waals surface area contributed by atoms with Gasteiger partial charge in [-0.2, -0.15) is 0 Å². The number of benzene rings is 2. The van der Waals surface area contributed by atoms with Crippen molar-refractivity contribution in [1.82, 2.24) is 4.90 Å². The summed E-state index contributed by atoms with van der Waals surface area (Å²) in [4.78, 5) is 17.5. The molecule has 5 rings (SSSR count). The molecule has 1 saturated carbocycles. The lowest BCUT2D eigenvalue weighted by Crippen LogP contribution is -2.49. The average molecular weight is 392 g/mol. The number of carbonyl (C=O) groups is 1. The van der Waals surface area contributed by atoms with Crippen LogP contribution in [0.4, 0.5) is 5.69 Å². The second-order valence-corrected chi connectivity index (χ2v) is 8.25. The number of carbonyl (C=O) groups excluding carboxylic acids is 1. The zero-order valence-electron chi connectivity index (χ0n) is 16.8. The van der Waals surface area contributed by atoms with Gasteiger partial charge < -0.3 is 19.3 Å². The first kappa shape index (κ1) is 18.3. The van der Waals surface area contributed by atoms with E-state index in [0.29, 0.717) is 25.6 Å². The van der Waals surface area contributed by atoms with Crippen molar-refractivity contribution in [3.8, 4) is 11.5 Å². The largest absolute Gasteiger partial charge is 0.486 e. The molecule has 1 unspecified atom stereocenters. The molecule has 3 aliphatic rings. The van der Waals surface area contributed by atoms with E-state index in [1.807, 2.05) is 17.0 Å². The number of rotatable bonds is 5. The summed E-state index contributed by atoms with van der Waals surface area (Å²) in [6, 6.07) is 16.7. The van der Waals surface area contributed by atoms with Crippen molar-refractivity contribution in [2.24, 2.45) is 5.92 Å². The van der Waals surface area contributed by atoms with Gasteiger partial charge in [0.2, 0.25) is 5.91 Å². The molecule has 0 spiro atoms. The molecule has 0 aromatic heterocycles. The molecule has 2 aliphatic heterocycles. The van der Waals surface area contributed by atoms with E-state index in [1.54, 1.807) is 0 Å². The first-order chi connectivity index (χ1) is 14.3. The van der Waals surface area contributed by atoms with Gasteiger partial charge in [0.05, 0.1) is 0 Å². The molecular formula is C24H28N2O3. The van der Waals surface area contributed by atoms with Gasteiger partial charge in [-0.15, -0.1) is 0 Å². The quantitative estimate of drug-likeness (QED) is 0.778. The summed E-state index contributed by atoms with van der Waals surface area (Å²) in [5.74, 6) is 2.82. The third kappa shape index (κ3) is 4.04. The summed E-state index contributed by atoms with van der Waals surface area (Å²) in [7, 11) is 0. The number of piperazine rings is 1. The van der Waals surface area contributed by atoms with Crippen molar-refractivity contribution in [1.29, 1.82) is 0 Å². The van der Waals surface area contributed by atoms with E-state index in [0.717, 1.165) is 37.7 Å². The molecule has 1 amide bonds. The maximum absolute atomic E-state index is 13.1. The molecule has 0 radical (unpaired) electrons. The Bertz CT molecular complexity index is 858. The van der Waals surface area contributed by atoms with Crippen molar-refractivity contribution in [3.63, 3.8) is 0 Å². The Labute approximate surface area is 172 Å². The highest BCUT2D eigenvalue weighted by molar-refractivity contribution is 5.77. The van der Waals surface area contributed by atoms with Crippen LogP contribution in [0.15, 0.2) is 48.5 Å². The normalized spacial score (nSPS) is 19.7. The van der Waals surface area contributed by atoms with Crippen LogP contribution in [-0.2, 0) is 4.79 Å². The molecule has 2 fully saturated rings. The van der Waals surface area contributed by atoms with E-state index in [-0.39, 0.29) is 11.8 Å². The van der Waals surface area contributed by atoms with Gasteiger partial charge in [-0.1, -0.05) is 24.3 Å². The monoisotopic (exact) mass is 392 g/mol. The minimum Gasteiger partial charge on any atom is -0.486 e. The molecule has 5 nitrogen and oxygen atoms in total. The lowest BCUT2D eigenvalue weighted by Gasteiger charge is -2.36. The minimum atomic E-state index is 0.282. The molecule has 5 heteroatoms. The van der Waals surface area contributed by atoms with Gasteiger partial charge in [0.15, 0.2) is 11.5 Å². The van der Waals surface area contributed by atoms with E-state index >= 15 is 0 Å². The van der Waals surface area contributed by atoms with E-state index in [1.165, 1.54) is 24.1 Å². The zero-order chi connectivity index (χ0) is 19.6. The van der Waals surface area contributed by atoms with Gasteiger partial charge in [-0.05, 0) is 54.5 Å². The van der Waals surface area contributed by atoms with Crippen LogP contribution in [-0.4, -0.2) is 50.2 Å². The predicted octanol–water partition coefficient (Wildman–Crippen LogP) is 3.69. The third-order valence-corrected chi connectivity index (χ3v) is 6.33. The van der Waals surface area contributed by atoms with Gasteiger partial charge in [0.1, 0.15) is 13.2 Å². The van der Waals surface area contributed by atoms with Crippen molar-refractivity contribution >= 4 is 11.6 Å². The fourth-order valence-electron chi connectivity index (χ4n) is 4.52. The fraction of sp³-hybridized carbons (Fsp3) is 0.458. The molecule has 1 atom stereocenters. The highest BCUT2D eigenvalue weighted by Gasteiger charge is 2.35. The second kappa shape index (κ2) is 7.97. The summed E-state index contributed by atoms with van der Waals surface area (Å²) in [5.41, 5.74) is 2.46. The average Bonchev–Trinajstić information content (AvgIpc) is 3.63. The molecule has 2 aromatic carbocycles. The number of ether oxygens (including phenoxy) is 2. The number of para-hydroxylation sites is 1. The van der Waals surface area contributed by atoms with Crippen LogP contribution in [0.1, 0.15) is 30.7 Å². The van der Waals surface area contributed by atoms with Crippen LogP contribution in [0, 0.1) is 5.92 Å². The molecule has 29 heavy (non-hydrogen) atoms. The highest BCUT2D eigenvalue weighted by Crippen LogP contribution is 2.46. The Balaban J connectivity index is 1.23.